The van der Waals surface area contributed by atoms with Crippen molar-refractivity contribution in [3.05, 3.63) is 206 Å². The van der Waals surface area contributed by atoms with Gasteiger partial charge in [-0.3, -0.25) is 0 Å². The fourth-order valence-electron chi connectivity index (χ4n) is 9.09. The Labute approximate surface area is 328 Å². The van der Waals surface area contributed by atoms with Gasteiger partial charge in [0.05, 0.1) is 27.8 Å². The molecular weight excluding hydrogens is 693 g/mol. The van der Waals surface area contributed by atoms with Gasteiger partial charge in [-0.25, -0.2) is 0 Å². The maximum atomic E-state index is 6.54. The lowest BCUT2D eigenvalue weighted by Crippen LogP contribution is -1.96. The van der Waals surface area contributed by atoms with Crippen LogP contribution in [-0.2, 0) is 0 Å². The lowest BCUT2D eigenvalue weighted by molar-refractivity contribution is 0.666. The Kier molecular flexibility index (Phi) is 6.93. The molecule has 3 nitrogen and oxygen atoms in total. The molecule has 0 aliphatic rings. The summed E-state index contributed by atoms with van der Waals surface area (Å²) in [6.45, 7) is 0. The van der Waals surface area contributed by atoms with Crippen LogP contribution in [0.2, 0.25) is 0 Å². The van der Waals surface area contributed by atoms with Gasteiger partial charge in [0.2, 0.25) is 0 Å². The summed E-state index contributed by atoms with van der Waals surface area (Å²) in [5.41, 5.74) is 15.8. The molecule has 0 fully saturated rings. The molecular formula is C54H34N2O. The molecule has 3 aromatic heterocycles. The minimum atomic E-state index is 0.900. The predicted molar refractivity (Wildman–Crippen MR) is 239 cm³/mol. The quantitative estimate of drug-likeness (QED) is 0.173. The smallest absolute Gasteiger partial charge is 0.159 e. The van der Waals surface area contributed by atoms with E-state index < -0.39 is 0 Å². The first-order valence-electron chi connectivity index (χ1n) is 19.5. The highest BCUT2D eigenvalue weighted by Crippen LogP contribution is 2.41. The van der Waals surface area contributed by atoms with Gasteiger partial charge in [0.1, 0.15) is 5.58 Å². The number of para-hydroxylation sites is 4. The Hall–Kier alpha value is -7.62. The number of nitrogens with zero attached hydrogens (tertiary/aromatic N) is 2. The lowest BCUT2D eigenvalue weighted by Gasteiger charge is -2.14. The van der Waals surface area contributed by atoms with Gasteiger partial charge >= 0.3 is 0 Å². The van der Waals surface area contributed by atoms with Crippen molar-refractivity contribution in [3.8, 4) is 44.8 Å². The third kappa shape index (κ3) is 4.92. The summed E-state index contributed by atoms with van der Waals surface area (Å²) in [7, 11) is 0. The van der Waals surface area contributed by atoms with E-state index in [0.29, 0.717) is 0 Å². The maximum absolute atomic E-state index is 6.54. The van der Waals surface area contributed by atoms with Crippen molar-refractivity contribution in [1.82, 2.24) is 9.13 Å². The van der Waals surface area contributed by atoms with Gasteiger partial charge in [-0.05, 0) is 100 Å². The summed E-state index contributed by atoms with van der Waals surface area (Å²) in [5.74, 6) is 0. The molecule has 0 bridgehead atoms. The van der Waals surface area contributed by atoms with E-state index in [1.54, 1.807) is 0 Å². The van der Waals surface area contributed by atoms with Crippen LogP contribution in [0, 0.1) is 0 Å². The Morgan fingerprint density at radius 2 is 0.772 bits per heavy atom. The van der Waals surface area contributed by atoms with Crippen molar-refractivity contribution >= 4 is 65.6 Å². The largest absolute Gasteiger partial charge is 0.454 e. The summed E-state index contributed by atoms with van der Waals surface area (Å²) in [6, 6.07) is 74.5. The highest BCUT2D eigenvalue weighted by Gasteiger charge is 2.19. The van der Waals surface area contributed by atoms with Crippen LogP contribution in [0.4, 0.5) is 0 Å². The Bertz CT molecular complexity index is 3450. The summed E-state index contributed by atoms with van der Waals surface area (Å²) >= 11 is 0. The molecule has 0 N–H and O–H groups in total. The van der Waals surface area contributed by atoms with E-state index in [1.165, 1.54) is 66.0 Å². The molecule has 12 rings (SSSR count). The van der Waals surface area contributed by atoms with Gasteiger partial charge in [0.25, 0.3) is 0 Å². The second-order valence-electron chi connectivity index (χ2n) is 14.9. The van der Waals surface area contributed by atoms with Crippen LogP contribution in [0.5, 0.6) is 0 Å². The molecule has 57 heavy (non-hydrogen) atoms. The van der Waals surface area contributed by atoms with E-state index in [4.69, 9.17) is 4.42 Å². The van der Waals surface area contributed by atoms with Gasteiger partial charge in [-0.2, -0.15) is 0 Å². The molecule has 0 atom stereocenters. The van der Waals surface area contributed by atoms with Crippen LogP contribution >= 0.6 is 0 Å². The normalized spacial score (nSPS) is 11.9. The fraction of sp³-hybridized carbons (Fsp3) is 0. The molecule has 0 saturated heterocycles. The summed E-state index contributed by atoms with van der Waals surface area (Å²) in [6.07, 6.45) is 0. The van der Waals surface area contributed by atoms with E-state index in [0.717, 1.165) is 44.3 Å². The molecule has 266 valence electrons. The van der Waals surface area contributed by atoms with Gasteiger partial charge in [0, 0.05) is 38.0 Å². The number of fused-ring (bicyclic) bond motifs is 9. The Balaban J connectivity index is 1.04. The third-order valence-electron chi connectivity index (χ3n) is 11.7. The monoisotopic (exact) mass is 726 g/mol. The van der Waals surface area contributed by atoms with Crippen LogP contribution in [0.15, 0.2) is 211 Å². The van der Waals surface area contributed by atoms with Crippen molar-refractivity contribution in [2.75, 3.05) is 0 Å². The Morgan fingerprint density at radius 3 is 1.40 bits per heavy atom. The number of hydrogen-bond donors (Lipinski definition) is 0. The molecule has 0 unspecified atom stereocenters. The van der Waals surface area contributed by atoms with E-state index >= 15 is 0 Å². The molecule has 0 aliphatic carbocycles. The number of rotatable bonds is 5. The molecule has 9 aromatic carbocycles. The highest BCUT2D eigenvalue weighted by atomic mass is 16.3. The van der Waals surface area contributed by atoms with E-state index in [-0.39, 0.29) is 0 Å². The van der Waals surface area contributed by atoms with Crippen molar-refractivity contribution in [3.63, 3.8) is 0 Å². The van der Waals surface area contributed by atoms with Crippen molar-refractivity contribution in [2.45, 2.75) is 0 Å². The minimum absolute atomic E-state index is 0.900. The van der Waals surface area contributed by atoms with Crippen LogP contribution in [0.1, 0.15) is 0 Å². The van der Waals surface area contributed by atoms with E-state index in [9.17, 15) is 0 Å². The maximum Gasteiger partial charge on any atom is 0.159 e. The molecule has 0 aliphatic heterocycles. The summed E-state index contributed by atoms with van der Waals surface area (Å²) < 4.78 is 11.3. The molecule has 3 heterocycles. The number of benzene rings is 9. The van der Waals surface area contributed by atoms with Gasteiger partial charge < -0.3 is 13.6 Å². The fourth-order valence-corrected chi connectivity index (χ4v) is 9.09. The highest BCUT2D eigenvalue weighted by molar-refractivity contribution is 6.14. The van der Waals surface area contributed by atoms with Crippen molar-refractivity contribution in [1.29, 1.82) is 0 Å². The van der Waals surface area contributed by atoms with Gasteiger partial charge in [-0.15, -0.1) is 0 Å². The van der Waals surface area contributed by atoms with E-state index in [2.05, 4.69) is 209 Å². The summed E-state index contributed by atoms with van der Waals surface area (Å²) in [4.78, 5) is 0. The molecule has 12 aromatic rings. The molecule has 3 heteroatoms. The average Bonchev–Trinajstić information content (AvgIpc) is 3.94. The topological polar surface area (TPSA) is 23.0 Å². The zero-order valence-corrected chi connectivity index (χ0v) is 30.9. The first-order chi connectivity index (χ1) is 28.3. The zero-order chi connectivity index (χ0) is 37.5. The van der Waals surface area contributed by atoms with E-state index in [1.807, 2.05) is 6.07 Å². The van der Waals surface area contributed by atoms with Crippen LogP contribution in [0.3, 0.4) is 0 Å². The average molecular weight is 727 g/mol. The lowest BCUT2D eigenvalue weighted by atomic mass is 9.98. The molecule has 0 radical (unpaired) electrons. The second kappa shape index (κ2) is 12.5. The molecule has 0 amide bonds. The number of aromatic nitrogens is 2. The van der Waals surface area contributed by atoms with Crippen LogP contribution < -0.4 is 0 Å². The molecule has 0 spiro atoms. The van der Waals surface area contributed by atoms with Crippen LogP contribution in [0.25, 0.3) is 110 Å². The van der Waals surface area contributed by atoms with Crippen LogP contribution in [-0.4, -0.2) is 9.13 Å². The predicted octanol–water partition coefficient (Wildman–Crippen LogP) is 14.8. The summed E-state index contributed by atoms with van der Waals surface area (Å²) in [5, 5.41) is 7.15. The minimum Gasteiger partial charge on any atom is -0.454 e. The first kappa shape index (κ1) is 31.7. The van der Waals surface area contributed by atoms with Gasteiger partial charge in [0.15, 0.2) is 5.58 Å². The molecule has 0 saturated carbocycles. The SMILES string of the molecule is c1ccc(-c2cc(-c3ccccc3)cc(-n3c4ccccc4c4cc(-c5ccc6c(c5)c5ccccc5n6-c5cccc6c5oc5ccccc56)ccc43)c2)cc1. The Morgan fingerprint density at radius 1 is 0.281 bits per heavy atom. The van der Waals surface area contributed by atoms with Crippen molar-refractivity contribution in [2.24, 2.45) is 0 Å². The third-order valence-corrected chi connectivity index (χ3v) is 11.7. The van der Waals surface area contributed by atoms with Crippen molar-refractivity contribution < 1.29 is 4.42 Å². The van der Waals surface area contributed by atoms with Gasteiger partial charge in [-0.1, -0.05) is 140 Å². The zero-order valence-electron chi connectivity index (χ0n) is 30.9. The number of furan rings is 1. The second-order valence-corrected chi connectivity index (χ2v) is 14.9. The first-order valence-corrected chi connectivity index (χ1v) is 19.5. The number of hydrogen-bond acceptors (Lipinski definition) is 1. The standard InChI is InChI=1S/C54H34N2O/c1-3-14-35(15-4-1)39-30-40(36-16-5-2-6-17-36)32-41(31-39)55-48-22-10-7-18-42(48)46-33-37(26-28-50(46)55)38-27-29-51-47(34-38)43-19-8-11-23-49(43)56(51)52-24-13-21-45-44-20-9-12-25-53(44)57-54(45)52/h1-34H.